The molecular formula is C15H17BrF2. The van der Waals surface area contributed by atoms with Crippen molar-refractivity contribution < 1.29 is 8.78 Å². The second-order valence-electron chi connectivity index (χ2n) is 5.84. The average molecular weight is 315 g/mol. The van der Waals surface area contributed by atoms with Crippen LogP contribution in [-0.2, 0) is 5.92 Å². The van der Waals surface area contributed by atoms with E-state index in [0.717, 1.165) is 23.7 Å². The first-order valence-electron chi connectivity index (χ1n) is 6.67. The zero-order valence-electron chi connectivity index (χ0n) is 10.3. The van der Waals surface area contributed by atoms with Crippen molar-refractivity contribution in [1.82, 2.24) is 0 Å². The number of fused-ring (bicyclic) bond motifs is 3. The molecule has 3 heteroatoms. The van der Waals surface area contributed by atoms with E-state index < -0.39 is 11.3 Å². The third kappa shape index (κ3) is 1.82. The minimum absolute atomic E-state index is 0.186. The molecule has 18 heavy (non-hydrogen) atoms. The van der Waals surface area contributed by atoms with Crippen LogP contribution in [0.5, 0.6) is 0 Å². The third-order valence-corrected chi connectivity index (χ3v) is 5.49. The van der Waals surface area contributed by atoms with Crippen molar-refractivity contribution in [2.24, 2.45) is 11.3 Å². The predicted molar refractivity (Wildman–Crippen MR) is 71.7 cm³/mol. The van der Waals surface area contributed by atoms with Crippen LogP contribution in [0.3, 0.4) is 0 Å². The van der Waals surface area contributed by atoms with Crippen LogP contribution < -0.4 is 0 Å². The van der Waals surface area contributed by atoms with Gasteiger partial charge in [0.15, 0.2) is 0 Å². The molecule has 0 amide bonds. The second kappa shape index (κ2) is 4.29. The van der Waals surface area contributed by atoms with E-state index >= 15 is 0 Å². The summed E-state index contributed by atoms with van der Waals surface area (Å²) in [5.74, 6) is -1.97. The lowest BCUT2D eigenvalue weighted by molar-refractivity contribution is -0.174. The normalized spacial score (nSPS) is 31.6. The van der Waals surface area contributed by atoms with Crippen LogP contribution in [0.1, 0.15) is 44.1 Å². The van der Waals surface area contributed by atoms with Gasteiger partial charge < -0.3 is 0 Å². The van der Waals surface area contributed by atoms with Gasteiger partial charge >= 0.3 is 0 Å². The molecule has 3 aliphatic carbocycles. The smallest absolute Gasteiger partial charge is 0.201 e. The minimum Gasteiger partial charge on any atom is -0.201 e. The molecule has 0 saturated heterocycles. The summed E-state index contributed by atoms with van der Waals surface area (Å²) in [5.41, 5.74) is -0.582. The molecule has 0 nitrogen and oxygen atoms in total. The number of benzene rings is 1. The van der Waals surface area contributed by atoms with Crippen LogP contribution >= 0.6 is 15.9 Å². The van der Waals surface area contributed by atoms with Crippen LogP contribution in [0.15, 0.2) is 28.7 Å². The van der Waals surface area contributed by atoms with Crippen molar-refractivity contribution in [1.29, 1.82) is 0 Å². The molecule has 3 aliphatic rings. The number of alkyl halides is 2. The fourth-order valence-corrected chi connectivity index (χ4v) is 3.95. The van der Waals surface area contributed by atoms with Crippen LogP contribution in [0, 0.1) is 11.3 Å². The van der Waals surface area contributed by atoms with Crippen molar-refractivity contribution in [3.05, 3.63) is 34.3 Å². The largest absolute Gasteiger partial charge is 0.278 e. The maximum Gasteiger partial charge on any atom is 0.278 e. The summed E-state index contributed by atoms with van der Waals surface area (Å²) < 4.78 is 30.5. The van der Waals surface area contributed by atoms with Crippen LogP contribution in [0.2, 0.25) is 0 Å². The molecule has 3 saturated carbocycles. The molecule has 0 heterocycles. The first-order valence-corrected chi connectivity index (χ1v) is 7.47. The summed E-state index contributed by atoms with van der Waals surface area (Å²) in [6.07, 6.45) is 5.06. The number of hydrogen-bond acceptors (Lipinski definition) is 0. The van der Waals surface area contributed by atoms with E-state index in [1.807, 2.05) is 0 Å². The van der Waals surface area contributed by atoms with E-state index in [1.54, 1.807) is 24.3 Å². The summed E-state index contributed by atoms with van der Waals surface area (Å²) >= 11 is 3.30. The Kier molecular flexibility index (Phi) is 3.00. The monoisotopic (exact) mass is 314 g/mol. The van der Waals surface area contributed by atoms with Gasteiger partial charge in [-0.1, -0.05) is 28.1 Å². The van der Waals surface area contributed by atoms with Gasteiger partial charge in [0.25, 0.3) is 5.92 Å². The van der Waals surface area contributed by atoms with Crippen LogP contribution in [0.25, 0.3) is 0 Å². The zero-order chi connectivity index (χ0) is 12.8. The van der Waals surface area contributed by atoms with Gasteiger partial charge in [-0.3, -0.25) is 0 Å². The number of halogens is 3. The van der Waals surface area contributed by atoms with E-state index in [1.165, 1.54) is 0 Å². The summed E-state index contributed by atoms with van der Waals surface area (Å²) in [6.45, 7) is 0. The van der Waals surface area contributed by atoms with Gasteiger partial charge in [-0.15, -0.1) is 0 Å². The highest BCUT2D eigenvalue weighted by molar-refractivity contribution is 9.10. The maximum absolute atomic E-state index is 14.8. The van der Waals surface area contributed by atoms with Gasteiger partial charge in [0.2, 0.25) is 0 Å². The average Bonchev–Trinajstić information content (AvgIpc) is 2.41. The first kappa shape index (κ1) is 12.6. The van der Waals surface area contributed by atoms with Crippen molar-refractivity contribution in [2.75, 3.05) is 0 Å². The number of hydrogen-bond donors (Lipinski definition) is 0. The van der Waals surface area contributed by atoms with Gasteiger partial charge in [0.1, 0.15) is 0 Å². The lowest BCUT2D eigenvalue weighted by Crippen LogP contribution is -2.45. The Hall–Kier alpha value is -0.440. The third-order valence-electron chi connectivity index (χ3n) is 4.97. The number of rotatable bonds is 2. The molecule has 0 radical (unpaired) electrons. The Bertz CT molecular complexity index is 417. The standard InChI is InChI=1S/C15H17BrF2/c16-13-3-1-12(2-4-13)15(17,18)14-8-5-11(6-9-14)7-10-14/h1-4,11H,5-10H2. The zero-order valence-corrected chi connectivity index (χ0v) is 11.8. The first-order chi connectivity index (χ1) is 8.53. The summed E-state index contributed by atoms with van der Waals surface area (Å²) in [6, 6.07) is 6.57. The Morgan fingerprint density at radius 2 is 1.50 bits per heavy atom. The van der Waals surface area contributed by atoms with Crippen molar-refractivity contribution in [3.63, 3.8) is 0 Å². The van der Waals surface area contributed by atoms with E-state index in [2.05, 4.69) is 15.9 Å². The molecule has 3 fully saturated rings. The van der Waals surface area contributed by atoms with Gasteiger partial charge in [0, 0.05) is 15.5 Å². The molecule has 4 rings (SSSR count). The minimum atomic E-state index is -2.68. The summed E-state index contributed by atoms with van der Waals surface area (Å²) in [7, 11) is 0. The lowest BCUT2D eigenvalue weighted by Gasteiger charge is -2.50. The van der Waals surface area contributed by atoms with E-state index in [-0.39, 0.29) is 5.56 Å². The highest BCUT2D eigenvalue weighted by Gasteiger charge is 2.57. The Balaban J connectivity index is 1.95. The van der Waals surface area contributed by atoms with E-state index in [9.17, 15) is 8.78 Å². The molecule has 2 bridgehead atoms. The fraction of sp³-hybridized carbons (Fsp3) is 0.600. The molecule has 0 unspecified atom stereocenters. The van der Waals surface area contributed by atoms with Crippen molar-refractivity contribution in [3.8, 4) is 0 Å². The Morgan fingerprint density at radius 1 is 1.00 bits per heavy atom. The van der Waals surface area contributed by atoms with Crippen LogP contribution in [-0.4, -0.2) is 0 Å². The summed E-state index contributed by atoms with van der Waals surface area (Å²) in [4.78, 5) is 0. The van der Waals surface area contributed by atoms with Gasteiger partial charge in [-0.2, -0.15) is 0 Å². The maximum atomic E-state index is 14.8. The van der Waals surface area contributed by atoms with Crippen molar-refractivity contribution >= 4 is 15.9 Å². The quantitative estimate of drug-likeness (QED) is 0.675. The van der Waals surface area contributed by atoms with Gasteiger partial charge in [-0.05, 0) is 56.6 Å². The molecule has 0 N–H and O–H groups in total. The topological polar surface area (TPSA) is 0 Å². The van der Waals surface area contributed by atoms with Gasteiger partial charge in [0.05, 0.1) is 0 Å². The molecular weight excluding hydrogens is 298 g/mol. The second-order valence-corrected chi connectivity index (χ2v) is 6.76. The highest BCUT2D eigenvalue weighted by atomic mass is 79.9. The van der Waals surface area contributed by atoms with E-state index in [4.69, 9.17) is 0 Å². The molecule has 0 atom stereocenters. The molecule has 98 valence electrons. The molecule has 1 aromatic rings. The van der Waals surface area contributed by atoms with Crippen molar-refractivity contribution in [2.45, 2.75) is 44.4 Å². The molecule has 1 aromatic carbocycles. The Labute approximate surface area is 115 Å². The Morgan fingerprint density at radius 3 is 2.00 bits per heavy atom. The fourth-order valence-electron chi connectivity index (χ4n) is 3.69. The lowest BCUT2D eigenvalue weighted by atomic mass is 9.57. The summed E-state index contributed by atoms with van der Waals surface area (Å²) in [5, 5.41) is 0. The SMILES string of the molecule is FC(F)(c1ccc(Br)cc1)C12CCC(CC1)CC2. The highest BCUT2D eigenvalue weighted by Crippen LogP contribution is 2.61. The predicted octanol–water partition coefficient (Wildman–Crippen LogP) is 5.51. The molecule has 0 spiro atoms. The molecule has 0 aliphatic heterocycles. The van der Waals surface area contributed by atoms with E-state index in [0.29, 0.717) is 25.2 Å². The van der Waals surface area contributed by atoms with Crippen LogP contribution in [0.4, 0.5) is 8.78 Å². The van der Waals surface area contributed by atoms with Gasteiger partial charge in [-0.25, -0.2) is 8.78 Å². The molecule has 0 aromatic heterocycles.